The highest BCUT2D eigenvalue weighted by atomic mass is 16.3. The lowest BCUT2D eigenvalue weighted by Gasteiger charge is -2.61. The molecule has 3 nitrogen and oxygen atoms in total. The molecule has 1 amide bonds. The second-order valence-electron chi connectivity index (χ2n) is 13.3. The van der Waals surface area contributed by atoms with Gasteiger partial charge in [-0.1, -0.05) is 38.1 Å². The maximum atomic E-state index is 12.9. The molecule has 0 spiro atoms. The highest BCUT2D eigenvalue weighted by molar-refractivity contribution is 5.76. The molecule has 6 rings (SSSR count). The van der Waals surface area contributed by atoms with E-state index in [1.54, 1.807) is 0 Å². The number of nitrogens with zero attached hydrogens (tertiary/aromatic N) is 1. The standard InChI is InChI=1S/C31H45NO2/c1-30-17-15-28-26(12-10-24-18-25(33)14-16-31(24,28)2)27(30)13-11-23(30)8-5-9-29(34)32-19-21-6-3-4-7-22(21)20-32/h3-4,6-7,23-28,33H,5,8-20H2,1-2H3/t23?,24?,25-,26?,27?,28?,30?,31?/m1/s1. The highest BCUT2D eigenvalue weighted by Crippen LogP contribution is 2.67. The van der Waals surface area contributed by atoms with E-state index >= 15 is 0 Å². The number of rotatable bonds is 4. The fourth-order valence-corrected chi connectivity index (χ4v) is 9.99. The van der Waals surface area contributed by atoms with E-state index in [0.717, 1.165) is 68.4 Å². The third-order valence-corrected chi connectivity index (χ3v) is 12.0. The summed E-state index contributed by atoms with van der Waals surface area (Å²) in [5, 5.41) is 10.3. The lowest BCUT2D eigenvalue weighted by molar-refractivity contribution is -0.132. The van der Waals surface area contributed by atoms with E-state index in [0.29, 0.717) is 16.7 Å². The molecule has 1 aliphatic heterocycles. The number of aliphatic hydroxyl groups is 1. The van der Waals surface area contributed by atoms with Crippen LogP contribution in [0.5, 0.6) is 0 Å². The molecule has 0 radical (unpaired) electrons. The van der Waals surface area contributed by atoms with Gasteiger partial charge in [-0.3, -0.25) is 4.79 Å². The summed E-state index contributed by atoms with van der Waals surface area (Å²) in [6, 6.07) is 8.51. The first-order chi connectivity index (χ1) is 16.4. The van der Waals surface area contributed by atoms with E-state index in [1.807, 2.05) is 0 Å². The molecule has 186 valence electrons. The van der Waals surface area contributed by atoms with Gasteiger partial charge < -0.3 is 10.0 Å². The Morgan fingerprint density at radius 2 is 1.65 bits per heavy atom. The maximum absolute atomic E-state index is 12.9. The van der Waals surface area contributed by atoms with Crippen LogP contribution in [-0.2, 0) is 17.9 Å². The minimum absolute atomic E-state index is 0.0446. The first kappa shape index (κ1) is 23.1. The van der Waals surface area contributed by atoms with Crippen molar-refractivity contribution in [2.75, 3.05) is 0 Å². The Balaban J connectivity index is 1.06. The lowest BCUT2D eigenvalue weighted by atomic mass is 9.44. The van der Waals surface area contributed by atoms with Crippen molar-refractivity contribution in [3.8, 4) is 0 Å². The van der Waals surface area contributed by atoms with Crippen molar-refractivity contribution >= 4 is 5.91 Å². The molecule has 0 aromatic heterocycles. The Labute approximate surface area is 206 Å². The second kappa shape index (κ2) is 8.64. The van der Waals surface area contributed by atoms with E-state index in [1.165, 1.54) is 62.5 Å². The van der Waals surface area contributed by atoms with Crippen molar-refractivity contribution in [3.63, 3.8) is 0 Å². The molecule has 3 heteroatoms. The predicted molar refractivity (Wildman–Crippen MR) is 136 cm³/mol. The van der Waals surface area contributed by atoms with Gasteiger partial charge in [0.05, 0.1) is 6.10 Å². The van der Waals surface area contributed by atoms with Crippen LogP contribution in [0.25, 0.3) is 0 Å². The highest BCUT2D eigenvalue weighted by Gasteiger charge is 2.59. The lowest BCUT2D eigenvalue weighted by Crippen LogP contribution is -2.53. The molecule has 4 saturated carbocycles. The summed E-state index contributed by atoms with van der Waals surface area (Å²) in [7, 11) is 0. The third kappa shape index (κ3) is 3.67. The van der Waals surface area contributed by atoms with Gasteiger partial charge in [0.15, 0.2) is 0 Å². The normalized spacial score (nSPS) is 43.1. The van der Waals surface area contributed by atoms with E-state index in [4.69, 9.17) is 0 Å². The molecule has 4 fully saturated rings. The van der Waals surface area contributed by atoms with E-state index in [9.17, 15) is 9.90 Å². The predicted octanol–water partition coefficient (Wildman–Crippen LogP) is 6.72. The molecule has 1 N–H and O–H groups in total. The van der Waals surface area contributed by atoms with E-state index in [-0.39, 0.29) is 6.10 Å². The fraction of sp³-hybridized carbons (Fsp3) is 0.774. The average Bonchev–Trinajstić information content (AvgIpc) is 3.41. The van der Waals surface area contributed by atoms with Crippen LogP contribution in [0.2, 0.25) is 0 Å². The number of hydrogen-bond acceptors (Lipinski definition) is 2. The molecular weight excluding hydrogens is 418 g/mol. The topological polar surface area (TPSA) is 40.5 Å². The fourth-order valence-electron chi connectivity index (χ4n) is 9.99. The molecule has 0 saturated heterocycles. The van der Waals surface area contributed by atoms with Gasteiger partial charge >= 0.3 is 0 Å². The molecular formula is C31H45NO2. The average molecular weight is 464 g/mol. The molecule has 1 aromatic carbocycles. The summed E-state index contributed by atoms with van der Waals surface area (Å²) in [6.07, 6.45) is 14.6. The van der Waals surface area contributed by atoms with Gasteiger partial charge in [0.25, 0.3) is 0 Å². The van der Waals surface area contributed by atoms with E-state index in [2.05, 4.69) is 43.0 Å². The van der Waals surface area contributed by atoms with Crippen molar-refractivity contribution in [3.05, 3.63) is 35.4 Å². The Kier molecular flexibility index (Phi) is 5.87. The van der Waals surface area contributed by atoms with Crippen molar-refractivity contribution in [2.45, 2.75) is 110 Å². The first-order valence-corrected chi connectivity index (χ1v) is 14.4. The van der Waals surface area contributed by atoms with Crippen LogP contribution in [0.4, 0.5) is 0 Å². The van der Waals surface area contributed by atoms with Gasteiger partial charge in [-0.2, -0.15) is 0 Å². The molecule has 5 aliphatic rings. The number of carbonyl (C=O) groups is 1. The Morgan fingerprint density at radius 3 is 2.41 bits per heavy atom. The Hall–Kier alpha value is -1.35. The molecule has 8 atom stereocenters. The molecule has 7 unspecified atom stereocenters. The minimum atomic E-state index is -0.0446. The van der Waals surface area contributed by atoms with Gasteiger partial charge in [-0.05, 0) is 122 Å². The minimum Gasteiger partial charge on any atom is -0.393 e. The molecule has 1 aromatic rings. The number of hydrogen-bond donors (Lipinski definition) is 1. The van der Waals surface area contributed by atoms with Gasteiger partial charge in [0.2, 0.25) is 5.91 Å². The molecule has 4 aliphatic carbocycles. The van der Waals surface area contributed by atoms with Crippen LogP contribution in [0.3, 0.4) is 0 Å². The Bertz CT molecular complexity index is 903. The summed E-state index contributed by atoms with van der Waals surface area (Å²) in [5.74, 6) is 4.59. The quantitative estimate of drug-likeness (QED) is 0.538. The Morgan fingerprint density at radius 1 is 0.941 bits per heavy atom. The maximum Gasteiger partial charge on any atom is 0.223 e. The second-order valence-corrected chi connectivity index (χ2v) is 13.3. The summed E-state index contributed by atoms with van der Waals surface area (Å²) >= 11 is 0. The van der Waals surface area contributed by atoms with Crippen LogP contribution < -0.4 is 0 Å². The monoisotopic (exact) mass is 463 g/mol. The SMILES string of the molecule is CC12CCC3C(CCC4C[C@H](O)CCC43C)C1CCC2CCCC(=O)N1Cc2ccccc2C1. The number of carbonyl (C=O) groups excluding carboxylic acids is 1. The van der Waals surface area contributed by atoms with Crippen LogP contribution in [-0.4, -0.2) is 22.0 Å². The van der Waals surface area contributed by atoms with Gasteiger partial charge in [-0.15, -0.1) is 0 Å². The van der Waals surface area contributed by atoms with Gasteiger partial charge in [-0.25, -0.2) is 0 Å². The van der Waals surface area contributed by atoms with Crippen molar-refractivity contribution in [1.29, 1.82) is 0 Å². The van der Waals surface area contributed by atoms with Crippen LogP contribution in [0, 0.1) is 40.4 Å². The first-order valence-electron chi connectivity index (χ1n) is 14.4. The number of benzene rings is 1. The van der Waals surface area contributed by atoms with Crippen molar-refractivity contribution in [2.24, 2.45) is 40.4 Å². The smallest absolute Gasteiger partial charge is 0.223 e. The zero-order chi connectivity index (χ0) is 23.5. The van der Waals surface area contributed by atoms with Crippen LogP contribution in [0.15, 0.2) is 24.3 Å². The van der Waals surface area contributed by atoms with Crippen molar-refractivity contribution in [1.82, 2.24) is 4.90 Å². The van der Waals surface area contributed by atoms with Crippen LogP contribution in [0.1, 0.15) is 102 Å². The number of fused-ring (bicyclic) bond motifs is 6. The molecule has 34 heavy (non-hydrogen) atoms. The van der Waals surface area contributed by atoms with Gasteiger partial charge in [0, 0.05) is 19.5 Å². The van der Waals surface area contributed by atoms with E-state index < -0.39 is 0 Å². The number of amides is 1. The zero-order valence-corrected chi connectivity index (χ0v) is 21.5. The summed E-state index contributed by atoms with van der Waals surface area (Å²) < 4.78 is 0. The molecule has 1 heterocycles. The summed E-state index contributed by atoms with van der Waals surface area (Å²) in [4.78, 5) is 15.0. The van der Waals surface area contributed by atoms with Crippen LogP contribution >= 0.6 is 0 Å². The summed E-state index contributed by atoms with van der Waals surface area (Å²) in [5.41, 5.74) is 3.62. The largest absolute Gasteiger partial charge is 0.393 e. The third-order valence-electron chi connectivity index (χ3n) is 12.0. The summed E-state index contributed by atoms with van der Waals surface area (Å²) in [6.45, 7) is 6.83. The molecule has 0 bridgehead atoms. The van der Waals surface area contributed by atoms with Crippen molar-refractivity contribution < 1.29 is 9.90 Å². The zero-order valence-electron chi connectivity index (χ0n) is 21.5. The van der Waals surface area contributed by atoms with Gasteiger partial charge in [0.1, 0.15) is 0 Å². The number of aliphatic hydroxyl groups excluding tert-OH is 1.